The van der Waals surface area contributed by atoms with Gasteiger partial charge in [-0.15, -0.1) is 0 Å². The van der Waals surface area contributed by atoms with Gasteiger partial charge in [0.15, 0.2) is 6.29 Å². The maximum Gasteiger partial charge on any atom is 0.151 e. The number of aliphatic hydroxyl groups excluding tert-OH is 1. The predicted octanol–water partition coefficient (Wildman–Crippen LogP) is 6.52. The van der Waals surface area contributed by atoms with Crippen molar-refractivity contribution in [3.8, 4) is 0 Å². The minimum absolute atomic E-state index is 0.681. The molecule has 4 heterocycles. The molecule has 0 aromatic carbocycles. The number of aliphatic hydroxyl groups is 1. The van der Waals surface area contributed by atoms with Gasteiger partial charge >= 0.3 is 0 Å². The second-order valence-electron chi connectivity index (χ2n) is 6.62. The number of pyridine rings is 2. The lowest BCUT2D eigenvalue weighted by Gasteiger charge is -2.11. The summed E-state index contributed by atoms with van der Waals surface area (Å²) in [7, 11) is 0. The van der Waals surface area contributed by atoms with Crippen LogP contribution in [0.2, 0.25) is 0 Å². The molecule has 0 radical (unpaired) electrons. The van der Waals surface area contributed by atoms with Crippen molar-refractivity contribution in [1.29, 1.82) is 0 Å². The Balaban J connectivity index is 0.000000203. The normalized spacial score (nSPS) is 11.1. The third kappa shape index (κ3) is 8.79. The van der Waals surface area contributed by atoms with E-state index in [0.717, 1.165) is 50.4 Å². The van der Waals surface area contributed by atoms with E-state index in [0.29, 0.717) is 5.56 Å². The molecule has 186 valence electrons. The Bertz CT molecular complexity index is 1250. The summed E-state index contributed by atoms with van der Waals surface area (Å²) in [6.07, 6.45) is 10.3. The lowest BCUT2D eigenvalue weighted by Crippen LogP contribution is -2.03. The van der Waals surface area contributed by atoms with Crippen LogP contribution in [0.3, 0.4) is 0 Å². The van der Waals surface area contributed by atoms with Crippen molar-refractivity contribution in [3.63, 3.8) is 0 Å². The average Bonchev–Trinajstić information content (AvgIpc) is 3.41. The summed E-state index contributed by atoms with van der Waals surface area (Å²) >= 11 is 13.3. The van der Waals surface area contributed by atoms with Gasteiger partial charge in [0.2, 0.25) is 0 Å². The summed E-state index contributed by atoms with van der Waals surface area (Å²) in [6, 6.07) is 3.51. The number of hydrogen-bond acceptors (Lipinski definition) is 6. The van der Waals surface area contributed by atoms with Crippen LogP contribution in [0.1, 0.15) is 41.4 Å². The van der Waals surface area contributed by atoms with Crippen LogP contribution >= 0.6 is 99.6 Å². The molecular weight excluding hydrogens is 921 g/mol. The molecule has 4 aromatic heterocycles. The lowest BCUT2D eigenvalue weighted by atomic mass is 10.1. The molecule has 8 nitrogen and oxygen atoms in total. The van der Waals surface area contributed by atoms with E-state index in [1.54, 1.807) is 41.7 Å². The molecule has 0 fully saturated rings. The highest BCUT2D eigenvalue weighted by atomic mass is 127. The van der Waals surface area contributed by atoms with Gasteiger partial charge in [0.1, 0.15) is 15.3 Å². The molecule has 0 aliphatic heterocycles. The van der Waals surface area contributed by atoms with E-state index >= 15 is 0 Å². The summed E-state index contributed by atoms with van der Waals surface area (Å²) in [5.41, 5.74) is 2.32. The van der Waals surface area contributed by atoms with Gasteiger partial charge in [-0.05, 0) is 126 Å². The zero-order valence-corrected chi connectivity index (χ0v) is 28.3. The highest BCUT2D eigenvalue weighted by Gasteiger charge is 2.19. The van der Waals surface area contributed by atoms with Crippen molar-refractivity contribution >= 4 is 106 Å². The number of aryl methyl sites for hydroxylation is 2. The molecule has 0 spiro atoms. The van der Waals surface area contributed by atoms with E-state index < -0.39 is 6.10 Å². The summed E-state index contributed by atoms with van der Waals surface area (Å²) < 4.78 is 8.59. The van der Waals surface area contributed by atoms with Crippen LogP contribution in [-0.4, -0.2) is 40.9 Å². The van der Waals surface area contributed by atoms with E-state index in [1.807, 2.05) is 23.9 Å². The minimum Gasteiger partial charge on any atom is -0.383 e. The van der Waals surface area contributed by atoms with Crippen molar-refractivity contribution in [2.24, 2.45) is 0 Å². The molecular formula is C22H21Br2I3N6O2. The highest BCUT2D eigenvalue weighted by molar-refractivity contribution is 14.1. The number of carbonyl (C=O) groups excluding carboxylic acids is 1. The smallest absolute Gasteiger partial charge is 0.151 e. The van der Waals surface area contributed by atoms with Crippen molar-refractivity contribution in [2.75, 3.05) is 0 Å². The summed E-state index contributed by atoms with van der Waals surface area (Å²) in [5, 5.41) is 18.6. The first-order chi connectivity index (χ1) is 16.7. The molecule has 13 heteroatoms. The van der Waals surface area contributed by atoms with E-state index in [9.17, 15) is 9.90 Å². The fourth-order valence-corrected chi connectivity index (χ4v) is 5.23. The number of nitrogens with zero attached hydrogens (tertiary/aromatic N) is 6. The number of aromatic nitrogens is 6. The van der Waals surface area contributed by atoms with Crippen molar-refractivity contribution < 1.29 is 9.90 Å². The molecule has 0 saturated carbocycles. The Morgan fingerprint density at radius 3 is 1.86 bits per heavy atom. The van der Waals surface area contributed by atoms with Gasteiger partial charge in [0, 0.05) is 61.7 Å². The zero-order valence-electron chi connectivity index (χ0n) is 18.6. The fourth-order valence-electron chi connectivity index (χ4n) is 2.61. The quantitative estimate of drug-likeness (QED) is 0.181. The average molecular weight is 942 g/mol. The molecule has 1 atom stereocenters. The summed E-state index contributed by atoms with van der Waals surface area (Å²) in [5.74, 6) is 0. The third-order valence-electron chi connectivity index (χ3n) is 4.46. The summed E-state index contributed by atoms with van der Waals surface area (Å²) in [6.45, 7) is 5.75. The number of halogens is 5. The van der Waals surface area contributed by atoms with Gasteiger partial charge in [0.25, 0.3) is 0 Å². The molecule has 35 heavy (non-hydrogen) atoms. The topological polar surface area (TPSA) is 98.7 Å². The van der Waals surface area contributed by atoms with Gasteiger partial charge in [-0.3, -0.25) is 24.1 Å². The molecule has 0 amide bonds. The summed E-state index contributed by atoms with van der Waals surface area (Å²) in [4.78, 5) is 18.0. The molecule has 0 bridgehead atoms. The Hall–Kier alpha value is -0.500. The zero-order chi connectivity index (χ0) is 26.0. The van der Waals surface area contributed by atoms with Gasteiger partial charge < -0.3 is 5.11 Å². The van der Waals surface area contributed by atoms with E-state index in [-0.39, 0.29) is 0 Å². The van der Waals surface area contributed by atoms with Gasteiger partial charge in [-0.2, -0.15) is 10.2 Å². The van der Waals surface area contributed by atoms with Crippen LogP contribution in [0.4, 0.5) is 0 Å². The number of hydrogen-bond donors (Lipinski definition) is 1. The van der Waals surface area contributed by atoms with Crippen LogP contribution in [0.25, 0.3) is 0 Å². The van der Waals surface area contributed by atoms with Gasteiger partial charge in [0.05, 0.1) is 16.0 Å². The standard InChI is InChI=1S/C11H11BrIN3O.C6H4INO.C5H6BrIN2/c1-2-16-11(12)8(5-15-16)10(17)7-3-4-14-6-9(7)13;7-6-3-8-2-1-5(6)4-9;1-2-9-5(6)4(7)3-8-9/h3-6,10,17H,2H2,1H3;1-4H;3H,2H2,1H3. The fraction of sp³-hybridized carbons (Fsp3) is 0.227. The van der Waals surface area contributed by atoms with Crippen molar-refractivity contribution in [2.45, 2.75) is 33.0 Å². The first kappa shape index (κ1) is 30.7. The molecule has 0 aliphatic carbocycles. The first-order valence-corrected chi connectivity index (χ1v) is 15.0. The van der Waals surface area contributed by atoms with Crippen LogP contribution in [-0.2, 0) is 13.1 Å². The minimum atomic E-state index is -0.681. The van der Waals surface area contributed by atoms with Crippen molar-refractivity contribution in [1.82, 2.24) is 29.5 Å². The maximum absolute atomic E-state index is 10.3. The maximum atomic E-state index is 10.3. The molecule has 1 N–H and O–H groups in total. The third-order valence-corrected chi connectivity index (χ3v) is 9.50. The largest absolute Gasteiger partial charge is 0.383 e. The van der Waals surface area contributed by atoms with Crippen LogP contribution in [0.5, 0.6) is 0 Å². The number of carbonyl (C=O) groups is 1. The van der Waals surface area contributed by atoms with Crippen LogP contribution < -0.4 is 0 Å². The molecule has 0 aliphatic rings. The van der Waals surface area contributed by atoms with Gasteiger partial charge in [-0.25, -0.2) is 0 Å². The van der Waals surface area contributed by atoms with Crippen LogP contribution in [0.15, 0.2) is 58.5 Å². The lowest BCUT2D eigenvalue weighted by molar-refractivity contribution is 0.112. The van der Waals surface area contributed by atoms with Gasteiger partial charge in [-0.1, -0.05) is 0 Å². The highest BCUT2D eigenvalue weighted by Crippen LogP contribution is 2.30. The Morgan fingerprint density at radius 1 is 0.857 bits per heavy atom. The molecule has 4 rings (SSSR count). The second kappa shape index (κ2) is 15.7. The van der Waals surface area contributed by atoms with E-state index in [4.69, 9.17) is 0 Å². The molecule has 4 aromatic rings. The monoisotopic (exact) mass is 940 g/mol. The Kier molecular flexibility index (Phi) is 13.8. The first-order valence-electron chi connectivity index (χ1n) is 10.1. The molecule has 1 unspecified atom stereocenters. The number of aldehydes is 1. The predicted molar refractivity (Wildman–Crippen MR) is 167 cm³/mol. The van der Waals surface area contributed by atoms with Crippen molar-refractivity contribution in [3.05, 3.63) is 85.9 Å². The second-order valence-corrected chi connectivity index (χ2v) is 11.6. The Morgan fingerprint density at radius 2 is 1.43 bits per heavy atom. The molecule has 0 saturated heterocycles. The number of rotatable bonds is 5. The van der Waals surface area contributed by atoms with E-state index in [1.165, 1.54) is 0 Å². The van der Waals surface area contributed by atoms with Crippen LogP contribution in [0, 0.1) is 10.7 Å². The SMILES string of the molecule is CCn1ncc(C(O)c2ccncc2I)c1Br.CCn1ncc(I)c1Br.O=Cc1ccncc1I. The Labute approximate surface area is 261 Å². The van der Waals surface area contributed by atoms with E-state index in [2.05, 4.69) is 127 Å².